The van der Waals surface area contributed by atoms with E-state index in [0.717, 1.165) is 17.5 Å². The lowest BCUT2D eigenvalue weighted by Gasteiger charge is -2.09. The van der Waals surface area contributed by atoms with E-state index in [-0.39, 0.29) is 11.7 Å². The number of rotatable bonds is 5. The summed E-state index contributed by atoms with van der Waals surface area (Å²) >= 11 is 0. The molecule has 1 atom stereocenters. The van der Waals surface area contributed by atoms with Gasteiger partial charge in [0.15, 0.2) is 0 Å². The molecule has 3 rings (SSSR count). The first-order valence-corrected chi connectivity index (χ1v) is 8.24. The van der Waals surface area contributed by atoms with Crippen molar-refractivity contribution >= 4 is 0 Å². The second-order valence-corrected chi connectivity index (χ2v) is 6.55. The van der Waals surface area contributed by atoms with Crippen molar-refractivity contribution in [3.63, 3.8) is 0 Å². The summed E-state index contributed by atoms with van der Waals surface area (Å²) in [6.07, 6.45) is 1.08. The maximum atomic E-state index is 9.36. The van der Waals surface area contributed by atoms with Crippen LogP contribution >= 0.6 is 0 Å². The van der Waals surface area contributed by atoms with Gasteiger partial charge in [-0.15, -0.1) is 10.2 Å². The molecule has 3 aromatic rings. The van der Waals surface area contributed by atoms with Gasteiger partial charge in [0.05, 0.1) is 5.92 Å². The third-order valence-corrected chi connectivity index (χ3v) is 4.05. The zero-order chi connectivity index (χ0) is 17.1. The minimum atomic E-state index is 0.0384. The Morgan fingerprint density at radius 1 is 0.917 bits per heavy atom. The van der Waals surface area contributed by atoms with Crippen LogP contribution in [0.15, 0.2) is 52.9 Å². The second kappa shape index (κ2) is 6.87. The predicted octanol–water partition coefficient (Wildman–Crippen LogP) is 4.79. The summed E-state index contributed by atoms with van der Waals surface area (Å²) in [5.41, 5.74) is 3.30. The smallest absolute Gasteiger partial charge is 0.247 e. The molecule has 0 saturated heterocycles. The molecule has 0 radical (unpaired) electrons. The number of hydrogen-bond acceptors (Lipinski definition) is 4. The molecule has 1 unspecified atom stereocenters. The minimum Gasteiger partial charge on any atom is -0.508 e. The first-order chi connectivity index (χ1) is 11.5. The van der Waals surface area contributed by atoms with Crippen LogP contribution in [0.1, 0.15) is 43.7 Å². The van der Waals surface area contributed by atoms with Crippen molar-refractivity contribution in [2.75, 3.05) is 0 Å². The molecule has 124 valence electrons. The average Bonchev–Trinajstić information content (AvgIpc) is 3.05. The Bertz CT molecular complexity index is 789. The van der Waals surface area contributed by atoms with E-state index in [9.17, 15) is 5.11 Å². The van der Waals surface area contributed by atoms with E-state index in [1.807, 2.05) is 0 Å². The third-order valence-electron chi connectivity index (χ3n) is 4.05. The highest BCUT2D eigenvalue weighted by atomic mass is 16.4. The molecule has 0 aliphatic rings. The number of aromatic nitrogens is 2. The molecule has 24 heavy (non-hydrogen) atoms. The number of nitrogens with zero attached hydrogens (tertiary/aromatic N) is 2. The molecule has 0 amide bonds. The number of benzene rings is 2. The van der Waals surface area contributed by atoms with Crippen LogP contribution < -0.4 is 0 Å². The summed E-state index contributed by atoms with van der Waals surface area (Å²) in [6.45, 7) is 6.51. The summed E-state index contributed by atoms with van der Waals surface area (Å²) < 4.78 is 5.82. The Balaban J connectivity index is 1.78. The molecule has 0 bridgehead atoms. The molecule has 1 N–H and O–H groups in total. The van der Waals surface area contributed by atoms with Gasteiger partial charge in [0.2, 0.25) is 11.8 Å². The largest absolute Gasteiger partial charge is 0.508 e. The summed E-state index contributed by atoms with van der Waals surface area (Å²) in [5, 5.41) is 17.7. The normalized spacial score (nSPS) is 12.5. The Morgan fingerprint density at radius 3 is 2.21 bits per heavy atom. The number of phenolic OH excluding ortho intramolecular Hbond substituents is 1. The highest BCUT2D eigenvalue weighted by Gasteiger charge is 2.17. The van der Waals surface area contributed by atoms with Crippen molar-refractivity contribution in [3.8, 4) is 17.2 Å². The van der Waals surface area contributed by atoms with Gasteiger partial charge in [-0.1, -0.05) is 38.1 Å². The molecule has 4 nitrogen and oxygen atoms in total. The first kappa shape index (κ1) is 16.2. The fourth-order valence-electron chi connectivity index (χ4n) is 2.69. The lowest BCUT2D eigenvalue weighted by Crippen LogP contribution is -1.98. The fraction of sp³-hybridized carbons (Fsp3) is 0.300. The van der Waals surface area contributed by atoms with E-state index >= 15 is 0 Å². The number of aromatic hydroxyl groups is 1. The second-order valence-electron chi connectivity index (χ2n) is 6.55. The van der Waals surface area contributed by atoms with Gasteiger partial charge in [-0.2, -0.15) is 0 Å². The topological polar surface area (TPSA) is 59.2 Å². The lowest BCUT2D eigenvalue weighted by atomic mass is 9.97. The molecule has 1 aromatic heterocycles. The molecule has 0 saturated carbocycles. The van der Waals surface area contributed by atoms with E-state index in [1.54, 1.807) is 24.3 Å². The summed E-state index contributed by atoms with van der Waals surface area (Å²) in [7, 11) is 0. The van der Waals surface area contributed by atoms with E-state index in [0.29, 0.717) is 17.7 Å². The first-order valence-electron chi connectivity index (χ1n) is 8.24. The van der Waals surface area contributed by atoms with Gasteiger partial charge in [0.25, 0.3) is 0 Å². The SMILES string of the molecule is CC(C)Cc1ccc(C(C)c2nnc(-c3ccc(O)cc3)o2)cc1. The monoisotopic (exact) mass is 322 g/mol. The Labute approximate surface area is 142 Å². The van der Waals surface area contributed by atoms with E-state index in [2.05, 4.69) is 55.2 Å². The van der Waals surface area contributed by atoms with Gasteiger partial charge in [-0.25, -0.2) is 0 Å². The summed E-state index contributed by atoms with van der Waals surface area (Å²) in [6, 6.07) is 15.3. The molecule has 4 heteroatoms. The zero-order valence-corrected chi connectivity index (χ0v) is 14.2. The minimum absolute atomic E-state index is 0.0384. The average molecular weight is 322 g/mol. The van der Waals surface area contributed by atoms with Crippen molar-refractivity contribution in [2.45, 2.75) is 33.1 Å². The summed E-state index contributed by atoms with van der Waals surface area (Å²) in [4.78, 5) is 0. The summed E-state index contributed by atoms with van der Waals surface area (Å²) in [5.74, 6) is 1.96. The van der Waals surface area contributed by atoms with Crippen LogP contribution in [0.2, 0.25) is 0 Å². The van der Waals surface area contributed by atoms with Crippen LogP contribution in [0.25, 0.3) is 11.5 Å². The number of hydrogen-bond donors (Lipinski definition) is 1. The van der Waals surface area contributed by atoms with Crippen molar-refractivity contribution in [1.29, 1.82) is 0 Å². The molecule has 2 aromatic carbocycles. The van der Waals surface area contributed by atoms with Gasteiger partial charge < -0.3 is 9.52 Å². The predicted molar refractivity (Wildman–Crippen MR) is 93.9 cm³/mol. The molecule has 0 fully saturated rings. The quantitative estimate of drug-likeness (QED) is 0.733. The Kier molecular flexibility index (Phi) is 4.65. The van der Waals surface area contributed by atoms with Gasteiger partial charge in [0.1, 0.15) is 5.75 Å². The van der Waals surface area contributed by atoms with E-state index in [4.69, 9.17) is 4.42 Å². The number of phenols is 1. The zero-order valence-electron chi connectivity index (χ0n) is 14.2. The molecule has 1 heterocycles. The Morgan fingerprint density at radius 2 is 1.58 bits per heavy atom. The maximum absolute atomic E-state index is 9.36. The lowest BCUT2D eigenvalue weighted by molar-refractivity contribution is 0.475. The van der Waals surface area contributed by atoms with Crippen molar-refractivity contribution in [3.05, 3.63) is 65.5 Å². The molecule has 0 aliphatic heterocycles. The Hall–Kier alpha value is -2.62. The van der Waals surface area contributed by atoms with E-state index in [1.165, 1.54) is 5.56 Å². The van der Waals surface area contributed by atoms with Crippen LogP contribution in [-0.2, 0) is 6.42 Å². The highest BCUT2D eigenvalue weighted by Crippen LogP contribution is 2.27. The maximum Gasteiger partial charge on any atom is 0.247 e. The van der Waals surface area contributed by atoms with Crippen molar-refractivity contribution < 1.29 is 9.52 Å². The van der Waals surface area contributed by atoms with Gasteiger partial charge in [-0.05, 0) is 54.7 Å². The fourth-order valence-corrected chi connectivity index (χ4v) is 2.69. The van der Waals surface area contributed by atoms with Gasteiger partial charge in [-0.3, -0.25) is 0 Å². The molecule has 0 aliphatic carbocycles. The van der Waals surface area contributed by atoms with Crippen molar-refractivity contribution in [2.24, 2.45) is 5.92 Å². The third kappa shape index (κ3) is 3.65. The molecular formula is C20H22N2O2. The highest BCUT2D eigenvalue weighted by molar-refractivity contribution is 5.53. The van der Waals surface area contributed by atoms with Crippen LogP contribution in [0, 0.1) is 5.92 Å². The molecular weight excluding hydrogens is 300 g/mol. The van der Waals surface area contributed by atoms with Crippen LogP contribution in [0.3, 0.4) is 0 Å². The van der Waals surface area contributed by atoms with Crippen LogP contribution in [0.5, 0.6) is 5.75 Å². The van der Waals surface area contributed by atoms with Gasteiger partial charge in [0, 0.05) is 5.56 Å². The van der Waals surface area contributed by atoms with Crippen molar-refractivity contribution in [1.82, 2.24) is 10.2 Å². The van der Waals surface area contributed by atoms with Gasteiger partial charge >= 0.3 is 0 Å². The van der Waals surface area contributed by atoms with Crippen LogP contribution in [0.4, 0.5) is 0 Å². The molecule has 0 spiro atoms. The standard InChI is InChI=1S/C20H22N2O2/c1-13(2)12-15-4-6-16(7-5-15)14(3)19-21-22-20(24-19)17-8-10-18(23)11-9-17/h4-11,13-14,23H,12H2,1-3H3. The van der Waals surface area contributed by atoms with E-state index < -0.39 is 0 Å². The van der Waals surface area contributed by atoms with Crippen LogP contribution in [-0.4, -0.2) is 15.3 Å².